The summed E-state index contributed by atoms with van der Waals surface area (Å²) in [5, 5.41) is 7.38. The van der Waals surface area contributed by atoms with E-state index in [0.29, 0.717) is 30.2 Å². The molecular formula is C16H23N3O. The maximum absolute atomic E-state index is 5.27. The lowest BCUT2D eigenvalue weighted by atomic mass is 10.0. The van der Waals surface area contributed by atoms with Gasteiger partial charge in [-0.15, -0.1) is 0 Å². The van der Waals surface area contributed by atoms with Crippen LogP contribution >= 0.6 is 0 Å². The first-order valence-electron chi connectivity index (χ1n) is 7.26. The summed E-state index contributed by atoms with van der Waals surface area (Å²) in [7, 11) is 0. The highest BCUT2D eigenvalue weighted by molar-refractivity contribution is 5.54. The van der Waals surface area contributed by atoms with Gasteiger partial charge in [0.15, 0.2) is 0 Å². The Bertz CT molecular complexity index is 531. The van der Waals surface area contributed by atoms with Crippen molar-refractivity contribution < 1.29 is 4.52 Å². The van der Waals surface area contributed by atoms with Crippen molar-refractivity contribution in [1.82, 2.24) is 15.5 Å². The van der Waals surface area contributed by atoms with E-state index >= 15 is 0 Å². The Morgan fingerprint density at radius 1 is 1.15 bits per heavy atom. The Hall–Kier alpha value is -1.68. The second-order valence-corrected chi connectivity index (χ2v) is 5.48. The van der Waals surface area contributed by atoms with Crippen LogP contribution in [0.2, 0.25) is 0 Å². The molecule has 1 N–H and O–H groups in total. The number of benzene rings is 1. The lowest BCUT2D eigenvalue weighted by Crippen LogP contribution is -2.24. The topological polar surface area (TPSA) is 51.0 Å². The van der Waals surface area contributed by atoms with Crippen molar-refractivity contribution in [2.75, 3.05) is 0 Å². The smallest absolute Gasteiger partial charge is 0.240 e. The molecule has 0 bridgehead atoms. The van der Waals surface area contributed by atoms with Crippen LogP contribution in [0.5, 0.6) is 0 Å². The van der Waals surface area contributed by atoms with Crippen molar-refractivity contribution in [3.8, 4) is 11.4 Å². The van der Waals surface area contributed by atoms with Gasteiger partial charge in [-0.25, -0.2) is 0 Å². The lowest BCUT2D eigenvalue weighted by molar-refractivity contribution is 0.358. The van der Waals surface area contributed by atoms with E-state index in [0.717, 1.165) is 12.0 Å². The number of rotatable bonds is 6. The molecule has 1 heterocycles. The molecule has 0 amide bonds. The zero-order valence-electron chi connectivity index (χ0n) is 12.7. The minimum Gasteiger partial charge on any atom is -0.338 e. The maximum atomic E-state index is 5.27. The molecule has 4 heteroatoms. The molecule has 1 atom stereocenters. The third-order valence-corrected chi connectivity index (χ3v) is 3.52. The SMILES string of the molecule is CCC(C)NCc1nc(-c2ccc(C(C)C)cc2)no1. The van der Waals surface area contributed by atoms with Crippen LogP contribution in [0.4, 0.5) is 0 Å². The summed E-state index contributed by atoms with van der Waals surface area (Å²) >= 11 is 0. The molecule has 2 rings (SSSR count). The van der Waals surface area contributed by atoms with E-state index in [9.17, 15) is 0 Å². The van der Waals surface area contributed by atoms with Gasteiger partial charge in [-0.2, -0.15) is 4.98 Å². The Labute approximate surface area is 120 Å². The average Bonchev–Trinajstić information content (AvgIpc) is 2.93. The van der Waals surface area contributed by atoms with Gasteiger partial charge in [0, 0.05) is 11.6 Å². The van der Waals surface area contributed by atoms with Gasteiger partial charge in [0.2, 0.25) is 11.7 Å². The first-order chi connectivity index (χ1) is 9.60. The third-order valence-electron chi connectivity index (χ3n) is 3.52. The first kappa shape index (κ1) is 14.7. The predicted octanol–water partition coefficient (Wildman–Crippen LogP) is 3.75. The number of hydrogen-bond acceptors (Lipinski definition) is 4. The second kappa shape index (κ2) is 6.66. The van der Waals surface area contributed by atoms with Crippen molar-refractivity contribution in [2.24, 2.45) is 0 Å². The standard InChI is InChI=1S/C16H23N3O/c1-5-12(4)17-10-15-18-16(19-20-15)14-8-6-13(7-9-14)11(2)3/h6-9,11-12,17H,5,10H2,1-4H3. The highest BCUT2D eigenvalue weighted by Crippen LogP contribution is 2.20. The van der Waals surface area contributed by atoms with Gasteiger partial charge < -0.3 is 9.84 Å². The Morgan fingerprint density at radius 2 is 1.85 bits per heavy atom. The molecule has 1 unspecified atom stereocenters. The van der Waals surface area contributed by atoms with Crippen LogP contribution in [-0.4, -0.2) is 16.2 Å². The van der Waals surface area contributed by atoms with Crippen LogP contribution in [0.1, 0.15) is 51.5 Å². The fraction of sp³-hybridized carbons (Fsp3) is 0.500. The van der Waals surface area contributed by atoms with Crippen molar-refractivity contribution in [3.05, 3.63) is 35.7 Å². The molecule has 0 aliphatic heterocycles. The van der Waals surface area contributed by atoms with Crippen LogP contribution in [0.25, 0.3) is 11.4 Å². The summed E-state index contributed by atoms with van der Waals surface area (Å²) in [6.45, 7) is 9.27. The summed E-state index contributed by atoms with van der Waals surface area (Å²) in [6, 6.07) is 8.79. The van der Waals surface area contributed by atoms with Crippen molar-refractivity contribution >= 4 is 0 Å². The molecule has 0 saturated carbocycles. The molecule has 0 spiro atoms. The maximum Gasteiger partial charge on any atom is 0.240 e. The molecule has 0 saturated heterocycles. The van der Waals surface area contributed by atoms with E-state index in [1.165, 1.54) is 5.56 Å². The fourth-order valence-electron chi connectivity index (χ4n) is 1.87. The quantitative estimate of drug-likeness (QED) is 0.871. The Kier molecular flexibility index (Phi) is 4.90. The summed E-state index contributed by atoms with van der Waals surface area (Å²) < 4.78 is 5.27. The highest BCUT2D eigenvalue weighted by atomic mass is 16.5. The Balaban J connectivity index is 2.04. The van der Waals surface area contributed by atoms with Gasteiger partial charge in [0.25, 0.3) is 0 Å². The number of hydrogen-bond donors (Lipinski definition) is 1. The molecule has 0 radical (unpaired) electrons. The predicted molar refractivity (Wildman–Crippen MR) is 80.4 cm³/mol. The van der Waals surface area contributed by atoms with Crippen LogP contribution in [0.3, 0.4) is 0 Å². The van der Waals surface area contributed by atoms with E-state index in [-0.39, 0.29) is 0 Å². The van der Waals surface area contributed by atoms with Crippen LogP contribution in [0.15, 0.2) is 28.8 Å². The van der Waals surface area contributed by atoms with Crippen LogP contribution in [-0.2, 0) is 6.54 Å². The van der Waals surface area contributed by atoms with E-state index in [4.69, 9.17) is 4.52 Å². The molecule has 4 nitrogen and oxygen atoms in total. The second-order valence-electron chi connectivity index (χ2n) is 5.48. The minimum absolute atomic E-state index is 0.454. The van der Waals surface area contributed by atoms with Gasteiger partial charge in [0.05, 0.1) is 6.54 Å². The van der Waals surface area contributed by atoms with E-state index in [1.807, 2.05) is 12.1 Å². The van der Waals surface area contributed by atoms with Gasteiger partial charge in [-0.1, -0.05) is 50.2 Å². The fourth-order valence-corrected chi connectivity index (χ4v) is 1.87. The van der Waals surface area contributed by atoms with E-state index in [1.54, 1.807) is 0 Å². The summed E-state index contributed by atoms with van der Waals surface area (Å²) in [5.41, 5.74) is 2.31. The molecule has 0 aliphatic carbocycles. The Morgan fingerprint density at radius 3 is 2.45 bits per heavy atom. The average molecular weight is 273 g/mol. The van der Waals surface area contributed by atoms with Crippen LogP contribution in [0, 0.1) is 0 Å². The molecule has 0 aliphatic rings. The lowest BCUT2D eigenvalue weighted by Gasteiger charge is -2.07. The van der Waals surface area contributed by atoms with Crippen molar-refractivity contribution in [2.45, 2.75) is 52.6 Å². The monoisotopic (exact) mass is 273 g/mol. The molecule has 2 aromatic rings. The van der Waals surface area contributed by atoms with Gasteiger partial charge in [-0.05, 0) is 24.8 Å². The van der Waals surface area contributed by atoms with Crippen molar-refractivity contribution in [1.29, 1.82) is 0 Å². The molecular weight excluding hydrogens is 250 g/mol. The number of nitrogens with zero attached hydrogens (tertiary/aromatic N) is 2. The minimum atomic E-state index is 0.454. The summed E-state index contributed by atoms with van der Waals surface area (Å²) in [4.78, 5) is 4.42. The molecule has 1 aromatic heterocycles. The summed E-state index contributed by atoms with van der Waals surface area (Å²) in [5.74, 6) is 1.82. The number of aromatic nitrogens is 2. The van der Waals surface area contributed by atoms with Crippen molar-refractivity contribution in [3.63, 3.8) is 0 Å². The normalized spacial score (nSPS) is 12.8. The largest absolute Gasteiger partial charge is 0.338 e. The first-order valence-corrected chi connectivity index (χ1v) is 7.26. The molecule has 0 fully saturated rings. The van der Waals surface area contributed by atoms with Gasteiger partial charge in [-0.3, -0.25) is 0 Å². The van der Waals surface area contributed by atoms with E-state index in [2.05, 4.69) is 55.3 Å². The summed E-state index contributed by atoms with van der Waals surface area (Å²) in [6.07, 6.45) is 1.08. The zero-order valence-corrected chi connectivity index (χ0v) is 12.7. The third kappa shape index (κ3) is 3.67. The van der Waals surface area contributed by atoms with Gasteiger partial charge >= 0.3 is 0 Å². The molecule has 20 heavy (non-hydrogen) atoms. The zero-order chi connectivity index (χ0) is 14.5. The molecule has 108 valence electrons. The van der Waals surface area contributed by atoms with E-state index < -0.39 is 0 Å². The van der Waals surface area contributed by atoms with Gasteiger partial charge in [0.1, 0.15) is 0 Å². The molecule has 1 aromatic carbocycles. The van der Waals surface area contributed by atoms with Crippen LogP contribution < -0.4 is 5.32 Å². The highest BCUT2D eigenvalue weighted by Gasteiger charge is 2.09. The number of nitrogens with one attached hydrogen (secondary N) is 1.